The minimum Gasteiger partial charge on any atom is -0.458 e. The molecule has 4 nitrogen and oxygen atoms in total. The second kappa shape index (κ2) is 13.6. The predicted molar refractivity (Wildman–Crippen MR) is 142 cm³/mol. The van der Waals surface area contributed by atoms with Gasteiger partial charge in [0.15, 0.2) is 9.84 Å². The highest BCUT2D eigenvalue weighted by molar-refractivity contribution is 7.91. The smallest absolute Gasteiger partial charge is 0.338 e. The number of rotatable bonds is 13. The van der Waals surface area contributed by atoms with Crippen LogP contribution in [0, 0.1) is 5.41 Å². The van der Waals surface area contributed by atoms with Gasteiger partial charge in [0, 0.05) is 11.8 Å². The average Bonchev–Trinajstić information content (AvgIpc) is 2.90. The van der Waals surface area contributed by atoms with E-state index in [4.69, 9.17) is 4.74 Å². The number of hydrogen-bond donors (Lipinski definition) is 0. The second-order valence-electron chi connectivity index (χ2n) is 9.80. The molecule has 1 atom stereocenters. The van der Waals surface area contributed by atoms with E-state index in [9.17, 15) is 13.2 Å². The zero-order valence-electron chi connectivity index (χ0n) is 21.0. The first-order valence-corrected chi connectivity index (χ1v) is 14.8. The Balaban J connectivity index is 1.76. The number of benzene rings is 2. The Labute approximate surface area is 211 Å². The Hall–Kier alpha value is -2.40. The van der Waals surface area contributed by atoms with E-state index in [1.807, 2.05) is 30.3 Å². The normalized spacial score (nSPS) is 16.7. The van der Waals surface area contributed by atoms with Crippen molar-refractivity contribution in [1.29, 1.82) is 0 Å². The van der Waals surface area contributed by atoms with E-state index < -0.39 is 9.84 Å². The van der Waals surface area contributed by atoms with Crippen LogP contribution in [0.2, 0.25) is 0 Å². The Bertz CT molecular complexity index is 1020. The molecule has 35 heavy (non-hydrogen) atoms. The molecule has 0 aliphatic heterocycles. The molecule has 2 aromatic carbocycles. The molecule has 1 aliphatic carbocycles. The zero-order chi connectivity index (χ0) is 25.0. The third kappa shape index (κ3) is 8.06. The maximum absolute atomic E-state index is 13.1. The molecule has 2 aromatic rings. The SMILES string of the molecule is CCCCCCC1(C(C/C=C/CS(=O)(=O)c2ccccc2)OC(=O)c2ccccc2)CCCCC1. The van der Waals surface area contributed by atoms with Crippen molar-refractivity contribution in [2.24, 2.45) is 5.41 Å². The average molecular weight is 497 g/mol. The number of esters is 1. The largest absolute Gasteiger partial charge is 0.458 e. The van der Waals surface area contributed by atoms with Crippen LogP contribution in [0.15, 0.2) is 77.7 Å². The van der Waals surface area contributed by atoms with E-state index >= 15 is 0 Å². The van der Waals surface area contributed by atoms with E-state index in [0.29, 0.717) is 16.9 Å². The second-order valence-corrected chi connectivity index (χ2v) is 11.8. The van der Waals surface area contributed by atoms with Crippen molar-refractivity contribution in [2.75, 3.05) is 5.75 Å². The lowest BCUT2D eigenvalue weighted by molar-refractivity contribution is -0.0388. The van der Waals surface area contributed by atoms with Crippen molar-refractivity contribution in [3.8, 4) is 0 Å². The van der Waals surface area contributed by atoms with Crippen molar-refractivity contribution < 1.29 is 17.9 Å². The van der Waals surface area contributed by atoms with E-state index in [0.717, 1.165) is 38.5 Å². The van der Waals surface area contributed by atoms with E-state index in [2.05, 4.69) is 6.92 Å². The number of hydrogen-bond acceptors (Lipinski definition) is 4. The molecule has 3 rings (SSSR count). The lowest BCUT2D eigenvalue weighted by atomic mass is 9.66. The van der Waals surface area contributed by atoms with Crippen LogP contribution in [-0.2, 0) is 14.6 Å². The molecule has 1 aliphatic rings. The molecule has 0 saturated heterocycles. The van der Waals surface area contributed by atoms with Crippen LogP contribution >= 0.6 is 0 Å². The molecule has 0 spiro atoms. The molecule has 0 bridgehead atoms. The molecule has 190 valence electrons. The standard InChI is InChI=1S/C30H40O4S/c1-2-3-4-13-22-30(23-14-7-15-24-30)28(34-29(31)26-17-8-5-9-18-26)21-12-16-25-35(32,33)27-19-10-6-11-20-27/h5-6,8-12,16-20,28H,2-4,7,13-15,21-25H2,1H3/b16-12+. The van der Waals surface area contributed by atoms with Crippen molar-refractivity contribution in [3.05, 3.63) is 78.4 Å². The molecule has 5 heteroatoms. The van der Waals surface area contributed by atoms with Crippen LogP contribution in [0.25, 0.3) is 0 Å². The van der Waals surface area contributed by atoms with Crippen molar-refractivity contribution in [2.45, 2.75) is 88.6 Å². The van der Waals surface area contributed by atoms with E-state index in [-0.39, 0.29) is 23.2 Å². The van der Waals surface area contributed by atoms with Crippen LogP contribution in [0.5, 0.6) is 0 Å². The summed E-state index contributed by atoms with van der Waals surface area (Å²) in [7, 11) is -3.38. The number of sulfone groups is 1. The predicted octanol–water partition coefficient (Wildman–Crippen LogP) is 7.55. The summed E-state index contributed by atoms with van der Waals surface area (Å²) in [6, 6.07) is 17.7. The minimum absolute atomic E-state index is 0.0426. The van der Waals surface area contributed by atoms with Gasteiger partial charge in [-0.05, 0) is 43.5 Å². The summed E-state index contributed by atoms with van der Waals surface area (Å²) in [5.41, 5.74) is 0.518. The highest BCUT2D eigenvalue weighted by atomic mass is 32.2. The maximum atomic E-state index is 13.1. The summed E-state index contributed by atoms with van der Waals surface area (Å²) in [5, 5.41) is 0. The maximum Gasteiger partial charge on any atom is 0.338 e. The Morgan fingerprint density at radius 3 is 2.23 bits per heavy atom. The molecule has 0 aromatic heterocycles. The lowest BCUT2D eigenvalue weighted by Crippen LogP contribution is -2.40. The fourth-order valence-corrected chi connectivity index (χ4v) is 6.38. The first-order valence-electron chi connectivity index (χ1n) is 13.2. The van der Waals surface area contributed by atoms with Crippen LogP contribution in [0.3, 0.4) is 0 Å². The number of ether oxygens (including phenoxy) is 1. The van der Waals surface area contributed by atoms with Gasteiger partial charge >= 0.3 is 5.97 Å². The van der Waals surface area contributed by atoms with Gasteiger partial charge in [0.05, 0.1) is 16.2 Å². The first kappa shape index (κ1) is 27.2. The summed E-state index contributed by atoms with van der Waals surface area (Å²) in [6.45, 7) is 2.22. The molecule has 0 radical (unpaired) electrons. The summed E-state index contributed by atoms with van der Waals surface area (Å²) in [5.74, 6) is -0.348. The third-order valence-electron chi connectivity index (χ3n) is 7.25. The highest BCUT2D eigenvalue weighted by Crippen LogP contribution is 2.46. The summed E-state index contributed by atoms with van der Waals surface area (Å²) in [6.07, 6.45) is 15.4. The highest BCUT2D eigenvalue weighted by Gasteiger charge is 2.41. The van der Waals surface area contributed by atoms with Crippen molar-refractivity contribution in [3.63, 3.8) is 0 Å². The molecule has 0 amide bonds. The van der Waals surface area contributed by atoms with Crippen LogP contribution < -0.4 is 0 Å². The van der Waals surface area contributed by atoms with Gasteiger partial charge in [0.2, 0.25) is 0 Å². The molecular formula is C30H40O4S. The van der Waals surface area contributed by atoms with E-state index in [1.165, 1.54) is 25.7 Å². The quantitative estimate of drug-likeness (QED) is 0.163. The molecule has 1 saturated carbocycles. The topological polar surface area (TPSA) is 60.4 Å². The molecule has 0 N–H and O–H groups in total. The van der Waals surface area contributed by atoms with Crippen molar-refractivity contribution >= 4 is 15.8 Å². The minimum atomic E-state index is -3.38. The van der Waals surface area contributed by atoms with Crippen LogP contribution in [-0.4, -0.2) is 26.2 Å². The van der Waals surface area contributed by atoms with Gasteiger partial charge in [0.25, 0.3) is 0 Å². The zero-order valence-corrected chi connectivity index (χ0v) is 21.8. The number of carbonyl (C=O) groups excluding carboxylic acids is 1. The van der Waals surface area contributed by atoms with Crippen LogP contribution in [0.1, 0.15) is 87.9 Å². The van der Waals surface area contributed by atoms with Gasteiger partial charge in [-0.15, -0.1) is 0 Å². The van der Waals surface area contributed by atoms with Gasteiger partial charge in [0.1, 0.15) is 6.10 Å². The van der Waals surface area contributed by atoms with Gasteiger partial charge in [-0.2, -0.15) is 0 Å². The summed E-state index contributed by atoms with van der Waals surface area (Å²) >= 11 is 0. The fraction of sp³-hybridized carbons (Fsp3) is 0.500. The summed E-state index contributed by atoms with van der Waals surface area (Å²) in [4.78, 5) is 13.4. The first-order chi connectivity index (χ1) is 17.0. The fourth-order valence-electron chi connectivity index (χ4n) is 5.23. The van der Waals surface area contributed by atoms with Gasteiger partial charge in [-0.1, -0.05) is 100 Å². The Morgan fingerprint density at radius 2 is 1.57 bits per heavy atom. The van der Waals surface area contributed by atoms with Gasteiger partial charge < -0.3 is 4.74 Å². The summed E-state index contributed by atoms with van der Waals surface area (Å²) < 4.78 is 31.6. The van der Waals surface area contributed by atoms with E-state index in [1.54, 1.807) is 42.5 Å². The number of carbonyl (C=O) groups is 1. The van der Waals surface area contributed by atoms with Crippen molar-refractivity contribution in [1.82, 2.24) is 0 Å². The Morgan fingerprint density at radius 1 is 0.914 bits per heavy atom. The number of unbranched alkanes of at least 4 members (excludes halogenated alkanes) is 3. The van der Waals surface area contributed by atoms with Gasteiger partial charge in [-0.25, -0.2) is 13.2 Å². The Kier molecular flexibility index (Phi) is 10.6. The monoisotopic (exact) mass is 496 g/mol. The molecular weight excluding hydrogens is 456 g/mol. The van der Waals surface area contributed by atoms with Gasteiger partial charge in [-0.3, -0.25) is 0 Å². The third-order valence-corrected chi connectivity index (χ3v) is 8.88. The van der Waals surface area contributed by atoms with Crippen LogP contribution in [0.4, 0.5) is 0 Å². The molecule has 1 fully saturated rings. The lowest BCUT2D eigenvalue weighted by Gasteiger charge is -2.43. The molecule has 0 heterocycles. The molecule has 1 unspecified atom stereocenters.